The first-order valence-electron chi connectivity index (χ1n) is 5.76. The minimum Gasteiger partial charge on any atom is -0.409 e. The van der Waals surface area contributed by atoms with E-state index < -0.39 is 5.82 Å². The number of benzene rings is 1. The van der Waals surface area contributed by atoms with E-state index >= 15 is 0 Å². The number of anilines is 1. The van der Waals surface area contributed by atoms with Gasteiger partial charge in [0.1, 0.15) is 5.82 Å². The van der Waals surface area contributed by atoms with Crippen molar-refractivity contribution >= 4 is 23.3 Å². The number of amidine groups is 1. The predicted molar refractivity (Wildman–Crippen MR) is 73.0 cm³/mol. The first kappa shape index (κ1) is 13.0. The summed E-state index contributed by atoms with van der Waals surface area (Å²) in [5.74, 6) is 1.34. The summed E-state index contributed by atoms with van der Waals surface area (Å²) in [5.41, 5.74) is 6.45. The zero-order valence-corrected chi connectivity index (χ0v) is 11.0. The lowest BCUT2D eigenvalue weighted by molar-refractivity contribution is 0.318. The molecule has 0 aromatic heterocycles. The molecule has 0 saturated carbocycles. The fourth-order valence-corrected chi connectivity index (χ4v) is 3.15. The molecule has 98 valence electrons. The molecule has 1 unspecified atom stereocenters. The summed E-state index contributed by atoms with van der Waals surface area (Å²) >= 11 is 1.88. The van der Waals surface area contributed by atoms with E-state index in [2.05, 4.69) is 17.0 Å². The van der Waals surface area contributed by atoms with Crippen LogP contribution in [0.4, 0.5) is 10.1 Å². The van der Waals surface area contributed by atoms with E-state index in [9.17, 15) is 4.39 Å². The fourth-order valence-electron chi connectivity index (χ4n) is 2.14. The van der Waals surface area contributed by atoms with Crippen LogP contribution in [0.3, 0.4) is 0 Å². The highest BCUT2D eigenvalue weighted by Crippen LogP contribution is 2.28. The van der Waals surface area contributed by atoms with Gasteiger partial charge in [-0.2, -0.15) is 11.8 Å². The van der Waals surface area contributed by atoms with Crippen LogP contribution in [0.2, 0.25) is 0 Å². The van der Waals surface area contributed by atoms with E-state index in [1.807, 2.05) is 17.8 Å². The Bertz CT molecular complexity index is 467. The highest BCUT2D eigenvalue weighted by Gasteiger charge is 2.24. The molecule has 1 saturated heterocycles. The lowest BCUT2D eigenvalue weighted by Crippen LogP contribution is -2.41. The van der Waals surface area contributed by atoms with Crippen molar-refractivity contribution < 1.29 is 9.60 Å². The second-order valence-corrected chi connectivity index (χ2v) is 5.39. The molecular formula is C12H16FN3OS. The van der Waals surface area contributed by atoms with Crippen LogP contribution in [0.25, 0.3) is 0 Å². The molecule has 18 heavy (non-hydrogen) atoms. The van der Waals surface area contributed by atoms with Crippen LogP contribution in [0, 0.1) is 5.82 Å². The summed E-state index contributed by atoms with van der Waals surface area (Å²) in [6, 6.07) is 5.08. The van der Waals surface area contributed by atoms with Gasteiger partial charge in [-0.15, -0.1) is 0 Å². The molecule has 1 aliphatic heterocycles. The topological polar surface area (TPSA) is 61.8 Å². The molecular weight excluding hydrogens is 253 g/mol. The van der Waals surface area contributed by atoms with Gasteiger partial charge in [0.2, 0.25) is 0 Å². The molecule has 2 rings (SSSR count). The smallest absolute Gasteiger partial charge is 0.175 e. The standard InChI is InChI=1S/C12H16FN3OS/c1-8-7-18-6-5-16(8)10-4-2-3-9(13)11(10)12(14)15-17/h2-4,8,17H,5-7H2,1H3,(H2,14,15). The Morgan fingerprint density at radius 3 is 3.06 bits per heavy atom. The van der Waals surface area contributed by atoms with Crippen molar-refractivity contribution in [2.45, 2.75) is 13.0 Å². The Morgan fingerprint density at radius 1 is 1.61 bits per heavy atom. The molecule has 0 spiro atoms. The number of nitrogens with zero attached hydrogens (tertiary/aromatic N) is 2. The van der Waals surface area contributed by atoms with Crippen molar-refractivity contribution in [1.82, 2.24) is 0 Å². The normalized spacial score (nSPS) is 21.1. The fraction of sp³-hybridized carbons (Fsp3) is 0.417. The first-order valence-corrected chi connectivity index (χ1v) is 6.91. The minimum absolute atomic E-state index is 0.179. The third-order valence-corrected chi connectivity index (χ3v) is 4.22. The third kappa shape index (κ3) is 2.38. The maximum absolute atomic E-state index is 13.9. The van der Waals surface area contributed by atoms with Gasteiger partial charge in [-0.1, -0.05) is 11.2 Å². The summed E-state index contributed by atoms with van der Waals surface area (Å²) in [4.78, 5) is 2.10. The third-order valence-electron chi connectivity index (χ3n) is 3.03. The van der Waals surface area contributed by atoms with Gasteiger partial charge < -0.3 is 15.8 Å². The summed E-state index contributed by atoms with van der Waals surface area (Å²) in [6.07, 6.45) is 0. The van der Waals surface area contributed by atoms with E-state index in [0.29, 0.717) is 11.7 Å². The van der Waals surface area contributed by atoms with Gasteiger partial charge in [-0.25, -0.2) is 4.39 Å². The van der Waals surface area contributed by atoms with Crippen LogP contribution in [-0.4, -0.2) is 35.1 Å². The van der Waals surface area contributed by atoms with Crippen LogP contribution in [0.5, 0.6) is 0 Å². The van der Waals surface area contributed by atoms with Gasteiger partial charge in [-0.3, -0.25) is 0 Å². The van der Waals surface area contributed by atoms with Crippen molar-refractivity contribution in [1.29, 1.82) is 0 Å². The van der Waals surface area contributed by atoms with Gasteiger partial charge in [0, 0.05) is 24.1 Å². The molecule has 1 heterocycles. The summed E-state index contributed by atoms with van der Waals surface area (Å²) < 4.78 is 13.9. The summed E-state index contributed by atoms with van der Waals surface area (Å²) in [5, 5.41) is 11.7. The first-order chi connectivity index (χ1) is 8.65. The average Bonchev–Trinajstić information content (AvgIpc) is 2.38. The Morgan fingerprint density at radius 2 is 2.39 bits per heavy atom. The van der Waals surface area contributed by atoms with Crippen molar-refractivity contribution in [3.05, 3.63) is 29.6 Å². The zero-order valence-electron chi connectivity index (χ0n) is 10.1. The van der Waals surface area contributed by atoms with Gasteiger partial charge in [-0.05, 0) is 19.1 Å². The molecule has 0 amide bonds. The average molecular weight is 269 g/mol. The van der Waals surface area contributed by atoms with E-state index in [-0.39, 0.29) is 11.4 Å². The minimum atomic E-state index is -0.465. The quantitative estimate of drug-likeness (QED) is 0.372. The van der Waals surface area contributed by atoms with Crippen molar-refractivity contribution in [2.24, 2.45) is 10.9 Å². The van der Waals surface area contributed by atoms with Crippen molar-refractivity contribution in [3.63, 3.8) is 0 Å². The number of rotatable bonds is 2. The number of hydrogen-bond acceptors (Lipinski definition) is 4. The van der Waals surface area contributed by atoms with E-state index in [4.69, 9.17) is 10.9 Å². The predicted octanol–water partition coefficient (Wildman–Crippen LogP) is 1.86. The molecule has 0 radical (unpaired) electrons. The maximum Gasteiger partial charge on any atom is 0.175 e. The number of thioether (sulfide) groups is 1. The molecule has 1 aromatic carbocycles. The van der Waals surface area contributed by atoms with E-state index in [1.54, 1.807) is 6.07 Å². The lowest BCUT2D eigenvalue weighted by Gasteiger charge is -2.36. The van der Waals surface area contributed by atoms with Gasteiger partial charge >= 0.3 is 0 Å². The SMILES string of the molecule is CC1CSCCN1c1cccc(F)c1C(N)=NO. The van der Waals surface area contributed by atoms with Gasteiger partial charge in [0.25, 0.3) is 0 Å². The Hall–Kier alpha value is -1.43. The van der Waals surface area contributed by atoms with Crippen molar-refractivity contribution in [3.8, 4) is 0 Å². The highest BCUT2D eigenvalue weighted by atomic mass is 32.2. The van der Waals surface area contributed by atoms with Crippen molar-refractivity contribution in [2.75, 3.05) is 23.0 Å². The molecule has 1 aliphatic rings. The lowest BCUT2D eigenvalue weighted by atomic mass is 10.1. The molecule has 4 nitrogen and oxygen atoms in total. The second-order valence-electron chi connectivity index (χ2n) is 4.24. The van der Waals surface area contributed by atoms with Crippen LogP contribution in [0.15, 0.2) is 23.4 Å². The van der Waals surface area contributed by atoms with Gasteiger partial charge in [0.05, 0.1) is 11.3 Å². The maximum atomic E-state index is 13.9. The van der Waals surface area contributed by atoms with Crippen LogP contribution in [-0.2, 0) is 0 Å². The summed E-state index contributed by atoms with van der Waals surface area (Å²) in [7, 11) is 0. The number of nitrogens with two attached hydrogens (primary N) is 1. The zero-order chi connectivity index (χ0) is 13.1. The van der Waals surface area contributed by atoms with Crippen LogP contribution >= 0.6 is 11.8 Å². The molecule has 1 fully saturated rings. The monoisotopic (exact) mass is 269 g/mol. The second kappa shape index (κ2) is 5.48. The summed E-state index contributed by atoms with van der Waals surface area (Å²) in [6.45, 7) is 2.92. The van der Waals surface area contributed by atoms with Crippen LogP contribution in [0.1, 0.15) is 12.5 Å². The van der Waals surface area contributed by atoms with Gasteiger partial charge in [0.15, 0.2) is 5.84 Å². The van der Waals surface area contributed by atoms with E-state index in [0.717, 1.165) is 18.1 Å². The van der Waals surface area contributed by atoms with Crippen LogP contribution < -0.4 is 10.6 Å². The Labute approximate surface area is 110 Å². The van der Waals surface area contributed by atoms with E-state index in [1.165, 1.54) is 6.07 Å². The molecule has 6 heteroatoms. The molecule has 3 N–H and O–H groups in total. The number of oxime groups is 1. The molecule has 0 bridgehead atoms. The Kier molecular flexibility index (Phi) is 3.96. The largest absolute Gasteiger partial charge is 0.409 e. The highest BCUT2D eigenvalue weighted by molar-refractivity contribution is 7.99. The molecule has 1 aromatic rings. The molecule has 0 aliphatic carbocycles. The number of halogens is 1. The Balaban J connectivity index is 2.46. The molecule has 1 atom stereocenters. The number of hydrogen-bond donors (Lipinski definition) is 2.